The van der Waals surface area contributed by atoms with Crippen molar-refractivity contribution < 1.29 is 22.3 Å². The van der Waals surface area contributed by atoms with Gasteiger partial charge in [0.05, 0.1) is 18.6 Å². The number of hydrogen-bond acceptors (Lipinski definition) is 4. The van der Waals surface area contributed by atoms with Crippen LogP contribution in [0.3, 0.4) is 0 Å². The highest BCUT2D eigenvalue weighted by Crippen LogP contribution is 2.17. The summed E-state index contributed by atoms with van der Waals surface area (Å²) in [6, 6.07) is 10.1. The molecule has 0 unspecified atom stereocenters. The zero-order valence-corrected chi connectivity index (χ0v) is 14.0. The first-order valence-corrected chi connectivity index (χ1v) is 8.50. The summed E-state index contributed by atoms with van der Waals surface area (Å²) < 4.78 is 44.7. The fraction of sp³-hybridized carbons (Fsp3) is 0.188. The molecule has 0 fully saturated rings. The van der Waals surface area contributed by atoms with Gasteiger partial charge in [-0.05, 0) is 42.8 Å². The normalized spacial score (nSPS) is 11.1. The Labute approximate surface area is 139 Å². The number of hydrogen-bond donors (Lipinski definition) is 2. The number of methoxy groups -OCH3 is 1. The molecule has 8 heteroatoms. The first-order chi connectivity index (χ1) is 11.3. The smallest absolute Gasteiger partial charge is 0.241 e. The van der Waals surface area contributed by atoms with E-state index in [9.17, 15) is 17.6 Å². The molecular weight excluding hydrogens is 335 g/mol. The van der Waals surface area contributed by atoms with Crippen molar-refractivity contribution in [2.75, 3.05) is 19.0 Å². The Hall–Kier alpha value is -2.45. The molecule has 0 bridgehead atoms. The average molecular weight is 352 g/mol. The number of amides is 1. The molecule has 128 valence electrons. The van der Waals surface area contributed by atoms with Crippen LogP contribution < -0.4 is 14.8 Å². The van der Waals surface area contributed by atoms with Gasteiger partial charge in [0.25, 0.3) is 0 Å². The zero-order chi connectivity index (χ0) is 17.7. The first-order valence-electron chi connectivity index (χ1n) is 7.01. The van der Waals surface area contributed by atoms with E-state index in [-0.39, 0.29) is 10.5 Å². The minimum atomic E-state index is -3.90. The van der Waals surface area contributed by atoms with Gasteiger partial charge in [-0.2, -0.15) is 0 Å². The molecule has 0 aliphatic rings. The third-order valence-electron chi connectivity index (χ3n) is 3.22. The number of aryl methyl sites for hydroxylation is 1. The van der Waals surface area contributed by atoms with Crippen molar-refractivity contribution in [2.45, 2.75) is 11.8 Å². The van der Waals surface area contributed by atoms with Gasteiger partial charge in [-0.25, -0.2) is 17.5 Å². The summed E-state index contributed by atoms with van der Waals surface area (Å²) in [5.41, 5.74) is 0.690. The summed E-state index contributed by atoms with van der Waals surface area (Å²) in [5.74, 6) is -0.467. The lowest BCUT2D eigenvalue weighted by Gasteiger charge is -2.09. The molecule has 2 aromatic carbocycles. The van der Waals surface area contributed by atoms with Gasteiger partial charge in [-0.3, -0.25) is 4.79 Å². The quantitative estimate of drug-likeness (QED) is 0.833. The maximum atomic E-state index is 13.2. The summed E-state index contributed by atoms with van der Waals surface area (Å²) in [5, 5.41) is 2.56. The Morgan fingerprint density at radius 2 is 1.96 bits per heavy atom. The van der Waals surface area contributed by atoms with Crippen molar-refractivity contribution in [1.82, 2.24) is 4.72 Å². The predicted molar refractivity (Wildman–Crippen MR) is 87.9 cm³/mol. The molecule has 0 aliphatic carbocycles. The molecule has 0 atom stereocenters. The minimum absolute atomic E-state index is 0.101. The highest BCUT2D eigenvalue weighted by molar-refractivity contribution is 7.89. The van der Waals surface area contributed by atoms with Gasteiger partial charge in [0.2, 0.25) is 15.9 Å². The summed E-state index contributed by atoms with van der Waals surface area (Å²) in [7, 11) is -2.40. The van der Waals surface area contributed by atoms with Crippen molar-refractivity contribution in [3.8, 4) is 5.75 Å². The van der Waals surface area contributed by atoms with Crippen molar-refractivity contribution >= 4 is 21.6 Å². The van der Waals surface area contributed by atoms with Crippen LogP contribution in [0, 0.1) is 12.7 Å². The Kier molecular flexibility index (Phi) is 5.53. The van der Waals surface area contributed by atoms with E-state index in [1.54, 1.807) is 24.3 Å². The molecule has 2 rings (SSSR count). The van der Waals surface area contributed by atoms with E-state index >= 15 is 0 Å². The molecule has 2 N–H and O–H groups in total. The van der Waals surface area contributed by atoms with Crippen LogP contribution in [0.25, 0.3) is 0 Å². The van der Waals surface area contributed by atoms with E-state index in [0.717, 1.165) is 12.1 Å². The molecule has 24 heavy (non-hydrogen) atoms. The van der Waals surface area contributed by atoms with Crippen LogP contribution in [0.15, 0.2) is 47.4 Å². The lowest BCUT2D eigenvalue weighted by Crippen LogP contribution is -2.33. The van der Waals surface area contributed by atoms with Crippen LogP contribution >= 0.6 is 0 Å². The second kappa shape index (κ2) is 7.41. The molecule has 0 heterocycles. The maximum absolute atomic E-state index is 13.2. The van der Waals surface area contributed by atoms with Crippen LogP contribution in [0.4, 0.5) is 10.1 Å². The van der Waals surface area contributed by atoms with Gasteiger partial charge in [-0.15, -0.1) is 0 Å². The van der Waals surface area contributed by atoms with E-state index in [4.69, 9.17) is 4.74 Å². The van der Waals surface area contributed by atoms with Crippen LogP contribution in [-0.2, 0) is 14.8 Å². The molecule has 0 aliphatic heterocycles. The van der Waals surface area contributed by atoms with Crippen molar-refractivity contribution in [3.63, 3.8) is 0 Å². The summed E-state index contributed by atoms with van der Waals surface area (Å²) in [4.78, 5) is 11.8. The Morgan fingerprint density at radius 3 is 2.62 bits per heavy atom. The second-order valence-corrected chi connectivity index (χ2v) is 6.78. The first kappa shape index (κ1) is 17.9. The molecule has 0 radical (unpaired) electrons. The van der Waals surface area contributed by atoms with E-state index in [1.807, 2.05) is 0 Å². The predicted octanol–water partition coefficient (Wildman–Crippen LogP) is 2.06. The number of nitrogens with one attached hydrogen (secondary N) is 2. The van der Waals surface area contributed by atoms with Crippen molar-refractivity contribution in [1.29, 1.82) is 0 Å². The summed E-state index contributed by atoms with van der Waals surface area (Å²) >= 11 is 0. The fourth-order valence-corrected chi connectivity index (χ4v) is 3.00. The van der Waals surface area contributed by atoms with E-state index in [2.05, 4.69) is 10.0 Å². The third-order valence-corrected chi connectivity index (χ3v) is 4.61. The van der Waals surface area contributed by atoms with Crippen molar-refractivity contribution in [3.05, 3.63) is 53.8 Å². The van der Waals surface area contributed by atoms with Gasteiger partial charge < -0.3 is 10.1 Å². The number of ether oxygens (including phenoxy) is 1. The van der Waals surface area contributed by atoms with Crippen LogP contribution in [-0.4, -0.2) is 28.0 Å². The third kappa shape index (κ3) is 4.53. The molecule has 0 aromatic heterocycles. The highest BCUT2D eigenvalue weighted by atomic mass is 32.2. The number of rotatable bonds is 6. The zero-order valence-electron chi connectivity index (χ0n) is 13.2. The van der Waals surface area contributed by atoms with Gasteiger partial charge in [0.1, 0.15) is 11.6 Å². The van der Waals surface area contributed by atoms with E-state index in [1.165, 1.54) is 20.1 Å². The number of sulfonamides is 1. The number of halogens is 1. The molecule has 1 amide bonds. The summed E-state index contributed by atoms with van der Waals surface area (Å²) in [6.45, 7) is 1.01. The SMILES string of the molecule is COc1cccc(NC(=O)CNS(=O)(=O)c2ccc(F)c(C)c2)c1. The maximum Gasteiger partial charge on any atom is 0.241 e. The van der Waals surface area contributed by atoms with Crippen molar-refractivity contribution in [2.24, 2.45) is 0 Å². The second-order valence-electron chi connectivity index (χ2n) is 5.02. The number of carbonyl (C=O) groups is 1. The molecule has 6 nitrogen and oxygen atoms in total. The highest BCUT2D eigenvalue weighted by Gasteiger charge is 2.16. The van der Waals surface area contributed by atoms with Crippen LogP contribution in [0.1, 0.15) is 5.56 Å². The standard InChI is InChI=1S/C16H17FN2O4S/c1-11-8-14(6-7-15(11)17)24(21,22)18-10-16(20)19-12-4-3-5-13(9-12)23-2/h3-9,18H,10H2,1-2H3,(H,19,20). The van der Waals surface area contributed by atoms with Gasteiger partial charge in [-0.1, -0.05) is 6.07 Å². The molecule has 0 spiro atoms. The Balaban J connectivity index is 2.00. The Bertz CT molecular complexity index is 853. The number of anilines is 1. The van der Waals surface area contributed by atoms with E-state index in [0.29, 0.717) is 11.4 Å². The van der Waals surface area contributed by atoms with E-state index < -0.39 is 28.3 Å². The van der Waals surface area contributed by atoms with Gasteiger partial charge >= 0.3 is 0 Å². The average Bonchev–Trinajstić information content (AvgIpc) is 2.55. The minimum Gasteiger partial charge on any atom is -0.497 e. The number of carbonyl (C=O) groups excluding carboxylic acids is 1. The fourth-order valence-electron chi connectivity index (χ4n) is 1.93. The lowest BCUT2D eigenvalue weighted by molar-refractivity contribution is -0.115. The van der Waals surface area contributed by atoms with Crippen LogP contribution in [0.5, 0.6) is 5.75 Å². The molecule has 2 aromatic rings. The lowest BCUT2D eigenvalue weighted by atomic mass is 10.2. The monoisotopic (exact) mass is 352 g/mol. The van der Waals surface area contributed by atoms with Gasteiger partial charge in [0.15, 0.2) is 0 Å². The van der Waals surface area contributed by atoms with Crippen LogP contribution in [0.2, 0.25) is 0 Å². The Morgan fingerprint density at radius 1 is 1.21 bits per heavy atom. The molecule has 0 saturated carbocycles. The van der Waals surface area contributed by atoms with Gasteiger partial charge in [0, 0.05) is 11.8 Å². The molecular formula is C16H17FN2O4S. The molecule has 0 saturated heterocycles. The number of benzene rings is 2. The summed E-state index contributed by atoms with van der Waals surface area (Å²) in [6.07, 6.45) is 0. The topological polar surface area (TPSA) is 84.5 Å². The largest absolute Gasteiger partial charge is 0.497 e.